The van der Waals surface area contributed by atoms with E-state index in [1.165, 1.54) is 0 Å². The van der Waals surface area contributed by atoms with Crippen LogP contribution in [0.2, 0.25) is 51.4 Å². The molecule has 1 aromatic rings. The van der Waals surface area contributed by atoms with Crippen molar-refractivity contribution in [3.8, 4) is 0 Å². The van der Waals surface area contributed by atoms with E-state index in [1.54, 1.807) is 0 Å². The van der Waals surface area contributed by atoms with E-state index >= 15 is 0 Å². The third kappa shape index (κ3) is 10.3. The molecule has 1 aliphatic rings. The fourth-order valence-electron chi connectivity index (χ4n) is 4.27. The van der Waals surface area contributed by atoms with Crippen molar-refractivity contribution in [3.05, 3.63) is 64.8 Å². The first-order valence-electron chi connectivity index (χ1n) is 13.8. The molecule has 7 heteroatoms. The summed E-state index contributed by atoms with van der Waals surface area (Å²) in [5, 5.41) is 0. The number of furan rings is 1. The first-order valence-corrected chi connectivity index (χ1v) is 21.2. The molecule has 2 bridgehead atoms. The Morgan fingerprint density at radius 2 is 1.68 bits per heavy atom. The van der Waals surface area contributed by atoms with Crippen molar-refractivity contribution in [3.63, 3.8) is 0 Å². The predicted molar refractivity (Wildman–Crippen MR) is 162 cm³/mol. The van der Waals surface area contributed by atoms with Gasteiger partial charge in [0.1, 0.15) is 24.4 Å². The Labute approximate surface area is 233 Å². The van der Waals surface area contributed by atoms with Gasteiger partial charge in [0.25, 0.3) is 0 Å². The minimum atomic E-state index is -1.31. The van der Waals surface area contributed by atoms with Crippen molar-refractivity contribution in [1.82, 2.24) is 0 Å². The molecule has 0 N–H and O–H groups in total. The quantitative estimate of drug-likeness (QED) is 0.0642. The number of allylic oxidation sites excluding steroid dienone is 1. The number of ether oxygens (including phenoxy) is 3. The van der Waals surface area contributed by atoms with Gasteiger partial charge < -0.3 is 18.6 Å². The average molecular weight is 559 g/mol. The van der Waals surface area contributed by atoms with E-state index in [-0.39, 0.29) is 30.7 Å². The SMILES string of the molecule is C=C(C)[C@@H]1C=C=C(C(=O)OCC[Si](C)(C)C)CC[C@@H](C(=C)C)[C@H](OCOCC[Si](C)(C)C)c2oc1cc2C. The molecule has 0 saturated carbocycles. The first kappa shape index (κ1) is 32.3. The fraction of sp³-hybridized carbons (Fsp3) is 0.613. The van der Waals surface area contributed by atoms with E-state index in [4.69, 9.17) is 18.6 Å². The number of carbonyl (C=O) groups is 1. The van der Waals surface area contributed by atoms with E-state index < -0.39 is 16.1 Å². The Kier molecular flexibility index (Phi) is 11.9. The van der Waals surface area contributed by atoms with Crippen LogP contribution >= 0.6 is 0 Å². The number of carbonyl (C=O) groups excluding carboxylic acids is 1. The van der Waals surface area contributed by atoms with Crippen molar-refractivity contribution in [2.24, 2.45) is 5.92 Å². The van der Waals surface area contributed by atoms with Gasteiger partial charge in [0, 0.05) is 28.7 Å². The van der Waals surface area contributed by atoms with Crippen LogP contribution in [-0.2, 0) is 19.0 Å². The molecule has 5 nitrogen and oxygen atoms in total. The lowest BCUT2D eigenvalue weighted by atomic mass is 9.86. The predicted octanol–water partition coefficient (Wildman–Crippen LogP) is 8.57. The summed E-state index contributed by atoms with van der Waals surface area (Å²) in [4.78, 5) is 13.1. The Morgan fingerprint density at radius 1 is 1.05 bits per heavy atom. The zero-order chi connectivity index (χ0) is 28.7. The molecule has 0 amide bonds. The Morgan fingerprint density at radius 3 is 2.26 bits per heavy atom. The molecule has 0 saturated heterocycles. The Bertz CT molecular complexity index is 1050. The van der Waals surface area contributed by atoms with Crippen molar-refractivity contribution in [2.75, 3.05) is 20.0 Å². The molecule has 1 aliphatic heterocycles. The van der Waals surface area contributed by atoms with Gasteiger partial charge in [0.05, 0.1) is 18.1 Å². The van der Waals surface area contributed by atoms with Gasteiger partial charge in [-0.1, -0.05) is 63.6 Å². The highest BCUT2D eigenvalue weighted by Crippen LogP contribution is 2.40. The maximum Gasteiger partial charge on any atom is 0.341 e. The zero-order valence-electron chi connectivity index (χ0n) is 25.3. The summed E-state index contributed by atoms with van der Waals surface area (Å²) in [6.07, 6.45) is 2.67. The van der Waals surface area contributed by atoms with Crippen LogP contribution in [0, 0.1) is 12.8 Å². The van der Waals surface area contributed by atoms with Crippen molar-refractivity contribution < 1.29 is 23.4 Å². The first-order chi connectivity index (χ1) is 17.6. The molecule has 0 fully saturated rings. The van der Waals surface area contributed by atoms with E-state index in [0.29, 0.717) is 31.6 Å². The fourth-order valence-corrected chi connectivity index (χ4v) is 5.74. The summed E-state index contributed by atoms with van der Waals surface area (Å²) < 4.78 is 24.4. The maximum atomic E-state index is 13.1. The highest BCUT2D eigenvalue weighted by atomic mass is 28.3. The highest BCUT2D eigenvalue weighted by molar-refractivity contribution is 6.76. The molecule has 0 aliphatic carbocycles. The van der Waals surface area contributed by atoms with Crippen LogP contribution in [0.4, 0.5) is 0 Å². The van der Waals surface area contributed by atoms with Gasteiger partial charge in [-0.25, -0.2) is 4.79 Å². The van der Waals surface area contributed by atoms with Crippen LogP contribution in [0.1, 0.15) is 55.8 Å². The molecule has 2 heterocycles. The lowest BCUT2D eigenvalue weighted by Gasteiger charge is -2.27. The Hall–Kier alpha value is -1.90. The smallest absolute Gasteiger partial charge is 0.341 e. The third-order valence-corrected chi connectivity index (χ3v) is 10.3. The minimum Gasteiger partial charge on any atom is -0.462 e. The maximum absolute atomic E-state index is 13.1. The second-order valence-electron chi connectivity index (χ2n) is 13.2. The third-order valence-electron chi connectivity index (χ3n) is 6.86. The summed E-state index contributed by atoms with van der Waals surface area (Å²) in [7, 11) is -2.51. The van der Waals surface area contributed by atoms with Crippen LogP contribution in [0.15, 0.2) is 52.2 Å². The number of fused-ring (bicyclic) bond motifs is 2. The molecule has 0 unspecified atom stereocenters. The molecule has 0 aromatic carbocycles. The van der Waals surface area contributed by atoms with E-state index in [1.807, 2.05) is 32.9 Å². The molecule has 0 spiro atoms. The molecule has 38 heavy (non-hydrogen) atoms. The van der Waals surface area contributed by atoms with Crippen LogP contribution in [-0.4, -0.2) is 42.1 Å². The molecule has 2 rings (SSSR count). The van der Waals surface area contributed by atoms with Gasteiger partial charge in [0.2, 0.25) is 0 Å². The number of hydrogen-bond acceptors (Lipinski definition) is 5. The normalized spacial score (nSPS) is 20.4. The van der Waals surface area contributed by atoms with E-state index in [9.17, 15) is 4.79 Å². The van der Waals surface area contributed by atoms with Crippen molar-refractivity contribution in [1.29, 1.82) is 0 Å². The van der Waals surface area contributed by atoms with Gasteiger partial charge >= 0.3 is 5.97 Å². The second kappa shape index (κ2) is 13.9. The minimum absolute atomic E-state index is 0.0683. The van der Waals surface area contributed by atoms with Crippen LogP contribution in [0.5, 0.6) is 0 Å². The average Bonchev–Trinajstić information content (AvgIpc) is 3.12. The number of rotatable bonds is 12. The monoisotopic (exact) mass is 558 g/mol. The summed E-state index contributed by atoms with van der Waals surface area (Å²) in [6.45, 7) is 29.6. The van der Waals surface area contributed by atoms with Crippen LogP contribution in [0.25, 0.3) is 0 Å². The summed E-state index contributed by atoms with van der Waals surface area (Å²) in [6, 6.07) is 4.05. The number of hydrogen-bond donors (Lipinski definition) is 0. The van der Waals surface area contributed by atoms with E-state index in [2.05, 4.69) is 58.2 Å². The summed E-state index contributed by atoms with van der Waals surface area (Å²) >= 11 is 0. The van der Waals surface area contributed by atoms with Gasteiger partial charge in [0.15, 0.2) is 0 Å². The molecule has 0 radical (unpaired) electrons. The standard InChI is InChI=1S/C31H50O5Si2/c1-22(2)26-14-12-25(31(32)34-17-19-38(9,10)11)13-15-27(23(3)4)30(29-24(5)20-28(26)36-29)35-21-33-16-18-37(6,7)8/h14,20,26-27,30H,1,3,13,15-19,21H2,2,4-11H3/t12?,26-,27-,30-/m0/s1. The second-order valence-corrected chi connectivity index (χ2v) is 24.4. The van der Waals surface area contributed by atoms with Gasteiger partial charge in [-0.05, 0) is 63.4 Å². The van der Waals surface area contributed by atoms with Gasteiger partial charge in [-0.3, -0.25) is 0 Å². The Balaban J connectivity index is 2.39. The molecule has 1 aromatic heterocycles. The van der Waals surface area contributed by atoms with Crippen LogP contribution in [0.3, 0.4) is 0 Å². The molecular formula is C31H50O5Si2. The summed E-state index contributed by atoms with van der Waals surface area (Å²) in [5.74, 6) is 0.966. The molecule has 3 atom stereocenters. The number of aryl methyl sites for hydroxylation is 1. The molecular weight excluding hydrogens is 509 g/mol. The zero-order valence-corrected chi connectivity index (χ0v) is 27.3. The topological polar surface area (TPSA) is 57.9 Å². The van der Waals surface area contributed by atoms with Crippen LogP contribution < -0.4 is 0 Å². The largest absolute Gasteiger partial charge is 0.462 e. The summed E-state index contributed by atoms with van der Waals surface area (Å²) in [5.41, 5.74) is 6.72. The lowest BCUT2D eigenvalue weighted by Crippen LogP contribution is -2.24. The van der Waals surface area contributed by atoms with Crippen molar-refractivity contribution >= 4 is 22.1 Å². The van der Waals surface area contributed by atoms with Crippen molar-refractivity contribution in [2.45, 2.75) is 97.0 Å². The van der Waals surface area contributed by atoms with Gasteiger partial charge in [-0.15, -0.1) is 5.73 Å². The van der Waals surface area contributed by atoms with E-state index in [0.717, 1.165) is 40.3 Å². The highest BCUT2D eigenvalue weighted by Gasteiger charge is 2.32. The van der Waals surface area contributed by atoms with Gasteiger partial charge in [-0.2, -0.15) is 0 Å². The number of esters is 1. The lowest BCUT2D eigenvalue weighted by molar-refractivity contribution is -0.138. The molecule has 212 valence electrons.